The van der Waals surface area contributed by atoms with Gasteiger partial charge in [-0.15, -0.1) is 0 Å². The molecule has 48 heavy (non-hydrogen) atoms. The molecule has 0 aromatic heterocycles. The Morgan fingerprint density at radius 3 is 2.02 bits per heavy atom. The van der Waals surface area contributed by atoms with E-state index in [4.69, 9.17) is 25.4 Å². The summed E-state index contributed by atoms with van der Waals surface area (Å²) in [6, 6.07) is 0. The van der Waals surface area contributed by atoms with Gasteiger partial charge in [-0.05, 0) is 85.0 Å². The Balaban J connectivity index is 0.00000148. The second-order valence-corrected chi connectivity index (χ2v) is 16.2. The molecule has 274 valence electrons. The van der Waals surface area contributed by atoms with Gasteiger partial charge < -0.3 is 30.5 Å². The standard InChI is InChI=1S/C36H56O8.C2H7NO/c1-22(2)8-7-9-23(3)26-10-11-27-35(26,5)19-17-28-34(4)18-16-25(43-32(41)14-12-30(37)38)20-24(34)21-29(36(27,28)6)44-33(42)15-13-31(39)40;3-1-2-4/h21-23,25-29H,7-20H2,1-6H3,(H,37,38)(H,39,40);4H,1-3H2/t23-,25+,26-,27-,28-,29+,34+,35-,36+;/m1./s1. The summed E-state index contributed by atoms with van der Waals surface area (Å²) in [5, 5.41) is 25.9. The first-order valence-corrected chi connectivity index (χ1v) is 18.4. The first-order chi connectivity index (χ1) is 22.5. The van der Waals surface area contributed by atoms with E-state index in [9.17, 15) is 24.3 Å². The maximum atomic E-state index is 13.1. The molecule has 0 saturated heterocycles. The molecular weight excluding hydrogens is 614 g/mol. The minimum absolute atomic E-state index is 0.0972. The molecule has 10 nitrogen and oxygen atoms in total. The van der Waals surface area contributed by atoms with Crippen molar-refractivity contribution in [3.8, 4) is 0 Å². The van der Waals surface area contributed by atoms with Crippen LogP contribution in [0.1, 0.15) is 131 Å². The summed E-state index contributed by atoms with van der Waals surface area (Å²) in [5.41, 5.74) is 5.66. The molecule has 3 saturated carbocycles. The second-order valence-electron chi connectivity index (χ2n) is 16.2. The van der Waals surface area contributed by atoms with Crippen LogP contribution in [-0.2, 0) is 28.7 Å². The number of carboxylic acid groups (broad SMARTS) is 2. The first kappa shape index (κ1) is 40.0. The number of nitrogens with two attached hydrogens (primary N) is 1. The van der Waals surface area contributed by atoms with Crippen LogP contribution >= 0.6 is 0 Å². The summed E-state index contributed by atoms with van der Waals surface area (Å²) < 4.78 is 12.0. The number of fused-ring (bicyclic) bond motifs is 5. The van der Waals surface area contributed by atoms with Gasteiger partial charge in [-0.3, -0.25) is 19.2 Å². The molecule has 0 aliphatic heterocycles. The molecule has 4 rings (SSSR count). The lowest BCUT2D eigenvalue weighted by Crippen LogP contribution is -2.62. The Hall–Kier alpha value is -2.46. The molecule has 0 bridgehead atoms. The van der Waals surface area contributed by atoms with Gasteiger partial charge in [-0.25, -0.2) is 0 Å². The molecule has 0 amide bonds. The van der Waals surface area contributed by atoms with Crippen LogP contribution < -0.4 is 5.73 Å². The maximum absolute atomic E-state index is 13.1. The molecular formula is C38H63NO9. The summed E-state index contributed by atoms with van der Waals surface area (Å²) in [5.74, 6) is -0.377. The van der Waals surface area contributed by atoms with Crippen molar-refractivity contribution in [3.63, 3.8) is 0 Å². The third-order valence-corrected chi connectivity index (χ3v) is 12.7. The monoisotopic (exact) mass is 677 g/mol. The van der Waals surface area contributed by atoms with Gasteiger partial charge in [0.2, 0.25) is 0 Å². The summed E-state index contributed by atoms with van der Waals surface area (Å²) in [6.07, 6.45) is 10.9. The lowest BCUT2D eigenvalue weighted by atomic mass is 9.40. The normalized spacial score (nSPS) is 34.4. The van der Waals surface area contributed by atoms with E-state index in [0.29, 0.717) is 36.6 Å². The van der Waals surface area contributed by atoms with Gasteiger partial charge in [0.25, 0.3) is 0 Å². The molecule has 0 spiro atoms. The number of esters is 2. The fourth-order valence-electron chi connectivity index (χ4n) is 10.4. The van der Waals surface area contributed by atoms with Crippen molar-refractivity contribution in [3.05, 3.63) is 11.6 Å². The van der Waals surface area contributed by atoms with Gasteiger partial charge in [0.05, 0.1) is 32.3 Å². The molecule has 4 aliphatic rings. The van der Waals surface area contributed by atoms with Crippen molar-refractivity contribution in [2.75, 3.05) is 13.2 Å². The zero-order valence-electron chi connectivity index (χ0n) is 30.3. The average molecular weight is 678 g/mol. The third-order valence-electron chi connectivity index (χ3n) is 12.7. The van der Waals surface area contributed by atoms with E-state index in [2.05, 4.69) is 47.6 Å². The summed E-state index contributed by atoms with van der Waals surface area (Å²) >= 11 is 0. The van der Waals surface area contributed by atoms with E-state index in [1.807, 2.05) is 0 Å². The fourth-order valence-corrected chi connectivity index (χ4v) is 10.4. The van der Waals surface area contributed by atoms with Gasteiger partial charge in [-0.2, -0.15) is 0 Å². The molecule has 0 unspecified atom stereocenters. The molecule has 3 fully saturated rings. The van der Waals surface area contributed by atoms with E-state index in [-0.39, 0.29) is 60.6 Å². The highest BCUT2D eigenvalue weighted by Crippen LogP contribution is 2.72. The Morgan fingerprint density at radius 1 is 0.854 bits per heavy atom. The van der Waals surface area contributed by atoms with Gasteiger partial charge >= 0.3 is 23.9 Å². The number of carbonyl (C=O) groups excluding carboxylic acids is 2. The predicted molar refractivity (Wildman–Crippen MR) is 183 cm³/mol. The molecule has 10 heteroatoms. The highest BCUT2D eigenvalue weighted by atomic mass is 16.5. The van der Waals surface area contributed by atoms with Crippen molar-refractivity contribution in [2.45, 2.75) is 144 Å². The first-order valence-electron chi connectivity index (χ1n) is 18.4. The largest absolute Gasteiger partial charge is 0.481 e. The summed E-state index contributed by atoms with van der Waals surface area (Å²) in [4.78, 5) is 47.7. The smallest absolute Gasteiger partial charge is 0.306 e. The van der Waals surface area contributed by atoms with Crippen molar-refractivity contribution in [1.82, 2.24) is 0 Å². The quantitative estimate of drug-likeness (QED) is 0.117. The van der Waals surface area contributed by atoms with Gasteiger partial charge in [-0.1, -0.05) is 66.4 Å². The number of hydrogen-bond acceptors (Lipinski definition) is 8. The number of ether oxygens (including phenoxy) is 2. The fraction of sp³-hybridized carbons (Fsp3) is 0.842. The zero-order chi connectivity index (χ0) is 35.9. The number of hydrogen-bond donors (Lipinski definition) is 4. The minimum Gasteiger partial charge on any atom is -0.481 e. The van der Waals surface area contributed by atoms with Crippen molar-refractivity contribution in [1.29, 1.82) is 0 Å². The molecule has 0 aromatic rings. The van der Waals surface area contributed by atoms with E-state index in [1.54, 1.807) is 0 Å². The van der Waals surface area contributed by atoms with Crippen molar-refractivity contribution in [2.24, 2.45) is 51.6 Å². The number of carbonyl (C=O) groups is 4. The Bertz CT molecular complexity index is 1170. The van der Waals surface area contributed by atoms with Gasteiger partial charge in [0, 0.05) is 18.4 Å². The number of aliphatic hydroxyl groups is 1. The van der Waals surface area contributed by atoms with Crippen molar-refractivity contribution >= 4 is 23.9 Å². The van der Waals surface area contributed by atoms with E-state index >= 15 is 0 Å². The average Bonchev–Trinajstić information content (AvgIpc) is 3.38. The molecule has 5 N–H and O–H groups in total. The van der Waals surface area contributed by atoms with Crippen LogP contribution in [0.4, 0.5) is 0 Å². The molecule has 0 heterocycles. The zero-order valence-corrected chi connectivity index (χ0v) is 30.3. The Labute approximate surface area is 287 Å². The number of rotatable bonds is 14. The molecule has 0 aromatic carbocycles. The molecule has 0 radical (unpaired) electrons. The SMILES string of the molecule is CC(C)CCC[C@@H](C)[C@H]1CC[C@@H]2[C@]1(C)CC[C@H]1[C@@]2(C)[C@@H](OC(=O)CCC(=O)O)C=C2C[C@@H](OC(=O)CCC(=O)O)CC[C@@]21C.NCCO. The van der Waals surface area contributed by atoms with E-state index < -0.39 is 30.0 Å². The third kappa shape index (κ3) is 9.01. The van der Waals surface area contributed by atoms with Crippen LogP contribution in [0.25, 0.3) is 0 Å². The van der Waals surface area contributed by atoms with Gasteiger partial charge in [0.1, 0.15) is 12.2 Å². The number of carboxylic acids is 2. The van der Waals surface area contributed by atoms with Crippen LogP contribution in [0.3, 0.4) is 0 Å². The second kappa shape index (κ2) is 17.0. The van der Waals surface area contributed by atoms with Crippen LogP contribution in [0, 0.1) is 45.8 Å². The summed E-state index contributed by atoms with van der Waals surface area (Å²) in [7, 11) is 0. The van der Waals surface area contributed by atoms with Crippen LogP contribution in [0.5, 0.6) is 0 Å². The van der Waals surface area contributed by atoms with Crippen molar-refractivity contribution < 1.29 is 44.0 Å². The van der Waals surface area contributed by atoms with E-state index in [1.165, 1.54) is 25.7 Å². The minimum atomic E-state index is -1.02. The Morgan fingerprint density at radius 2 is 1.46 bits per heavy atom. The van der Waals surface area contributed by atoms with Gasteiger partial charge in [0.15, 0.2) is 0 Å². The van der Waals surface area contributed by atoms with E-state index in [0.717, 1.165) is 37.7 Å². The Kier molecular flexibility index (Phi) is 14.1. The van der Waals surface area contributed by atoms with Crippen LogP contribution in [-0.4, -0.2) is 64.6 Å². The summed E-state index contributed by atoms with van der Waals surface area (Å²) in [6.45, 7) is 14.7. The predicted octanol–water partition coefficient (Wildman–Crippen LogP) is 6.52. The number of aliphatic carboxylic acids is 2. The highest BCUT2D eigenvalue weighted by molar-refractivity contribution is 5.77. The maximum Gasteiger partial charge on any atom is 0.306 e. The molecule has 9 atom stereocenters. The lowest BCUT2D eigenvalue weighted by molar-refractivity contribution is -0.187. The number of aliphatic hydroxyl groups excluding tert-OH is 1. The lowest BCUT2D eigenvalue weighted by Gasteiger charge is -2.65. The van der Waals surface area contributed by atoms with Crippen LogP contribution in [0.2, 0.25) is 0 Å². The topological polar surface area (TPSA) is 173 Å². The highest BCUT2D eigenvalue weighted by Gasteiger charge is 2.67. The van der Waals surface area contributed by atoms with Crippen LogP contribution in [0.15, 0.2) is 11.6 Å². The molecule has 4 aliphatic carbocycles.